The Morgan fingerprint density at radius 3 is 1.70 bits per heavy atom. The average Bonchev–Trinajstić information content (AvgIpc) is 2.81. The van der Waals surface area contributed by atoms with Crippen molar-refractivity contribution in [2.24, 2.45) is 0 Å². The first-order valence-electron chi connectivity index (χ1n) is 10.8. The number of aromatic nitrogens is 1. The molecule has 3 aromatic carbocycles. The van der Waals surface area contributed by atoms with E-state index in [-0.39, 0.29) is 0 Å². The molecule has 4 aromatic rings. The van der Waals surface area contributed by atoms with E-state index in [0.29, 0.717) is 5.92 Å². The highest BCUT2D eigenvalue weighted by Crippen LogP contribution is 2.27. The number of hydrogen-bond acceptors (Lipinski definition) is 8. The molecule has 0 saturated heterocycles. The van der Waals surface area contributed by atoms with Crippen molar-refractivity contribution < 1.29 is 67.6 Å². The molecule has 37 heavy (non-hydrogen) atoms. The molecule has 10 nitrogen and oxygen atoms in total. The molecular formula is C25H26Cl2N2O8. The third-order valence-corrected chi connectivity index (χ3v) is 5.23. The van der Waals surface area contributed by atoms with Gasteiger partial charge in [-0.2, -0.15) is 0 Å². The summed E-state index contributed by atoms with van der Waals surface area (Å²) in [7, 11) is -5.57. The summed E-state index contributed by atoms with van der Waals surface area (Å²) < 4.78 is 67.9. The Morgan fingerprint density at radius 1 is 0.649 bits per heavy atom. The fourth-order valence-corrected chi connectivity index (χ4v) is 3.64. The van der Waals surface area contributed by atoms with Crippen molar-refractivity contribution in [2.75, 3.05) is 14.1 Å². The number of hydrogen-bond donors (Lipinski definition) is 1. The molecule has 2 N–H and O–H groups in total. The van der Waals surface area contributed by atoms with Crippen LogP contribution >= 0.6 is 0 Å². The summed E-state index contributed by atoms with van der Waals surface area (Å²) in [6, 6.07) is 32.7. The van der Waals surface area contributed by atoms with E-state index in [0.717, 1.165) is 6.42 Å². The molecule has 0 aliphatic heterocycles. The normalized spacial score (nSPS) is 12.3. The van der Waals surface area contributed by atoms with E-state index in [9.17, 15) is 0 Å². The van der Waals surface area contributed by atoms with Crippen LogP contribution in [0.3, 0.4) is 0 Å². The molecule has 0 spiro atoms. The lowest BCUT2D eigenvalue weighted by Crippen LogP contribution is -3.00. The van der Waals surface area contributed by atoms with E-state index in [1.807, 2.05) is 0 Å². The average molecular weight is 553 g/mol. The zero-order chi connectivity index (χ0) is 27.6. The number of fused-ring (bicyclic) bond motifs is 1. The molecule has 0 fully saturated rings. The third-order valence-electron chi connectivity index (χ3n) is 5.23. The van der Waals surface area contributed by atoms with Crippen LogP contribution in [0.1, 0.15) is 22.7 Å². The number of H-pyrrole nitrogens is 1. The topological polar surface area (TPSA) is 203 Å². The second kappa shape index (κ2) is 13.7. The second-order valence-corrected chi connectivity index (χ2v) is 9.63. The van der Waals surface area contributed by atoms with Crippen molar-refractivity contribution in [3.05, 3.63) is 108 Å². The maximum absolute atomic E-state index is 8.49. The molecule has 198 valence electrons. The summed E-state index contributed by atoms with van der Waals surface area (Å²) in [4.78, 5) is 5.02. The summed E-state index contributed by atoms with van der Waals surface area (Å²) in [5, 5.41) is 1.24. The largest absolute Gasteiger partial charge is 0.307 e. The number of rotatable bonds is 5. The van der Waals surface area contributed by atoms with E-state index in [1.54, 1.807) is 0 Å². The fourth-order valence-electron chi connectivity index (χ4n) is 3.64. The first-order chi connectivity index (χ1) is 17.2. The van der Waals surface area contributed by atoms with Gasteiger partial charge in [0.15, 0.2) is 5.69 Å². The van der Waals surface area contributed by atoms with Crippen molar-refractivity contribution >= 4 is 16.6 Å². The molecule has 0 saturated carbocycles. The number of aromatic amines is 1. The lowest BCUT2D eigenvalue weighted by Gasteiger charge is -2.17. The minimum absolute atomic E-state index is 0.299. The molecule has 1 unspecified atom stereocenters. The minimum Gasteiger partial charge on any atom is -0.307 e. The van der Waals surface area contributed by atoms with Crippen molar-refractivity contribution in [1.82, 2.24) is 0 Å². The SMILES string of the molecule is C[NH+](C)c1ccc(CC(c2ccccc2)c2ccc3ccccc3[nH+]2)cc1.[O-][Cl+3]([O-])([O-])[O-].[O-][Cl+3]([O-])([O-])[O-]. The van der Waals surface area contributed by atoms with Gasteiger partial charge in [-0.25, -0.2) is 42.3 Å². The van der Waals surface area contributed by atoms with E-state index in [2.05, 4.69) is 110 Å². The number of benzene rings is 3. The molecular weight excluding hydrogens is 527 g/mol. The molecule has 12 heteroatoms. The first kappa shape index (κ1) is 30.5. The van der Waals surface area contributed by atoms with Crippen LogP contribution in [-0.2, 0) is 6.42 Å². The van der Waals surface area contributed by atoms with Crippen LogP contribution in [0.25, 0.3) is 10.9 Å². The Morgan fingerprint density at radius 2 is 1.16 bits per heavy atom. The van der Waals surface area contributed by atoms with Crippen LogP contribution < -0.4 is 47.2 Å². The van der Waals surface area contributed by atoms with Crippen LogP contribution in [0.15, 0.2) is 91.0 Å². The predicted octanol–water partition coefficient (Wildman–Crippen LogP) is -5.71. The molecule has 1 atom stereocenters. The number of quaternary nitrogens is 1. The van der Waals surface area contributed by atoms with Crippen molar-refractivity contribution in [1.29, 1.82) is 0 Å². The molecule has 1 heterocycles. The molecule has 4 rings (SSSR count). The highest BCUT2D eigenvalue weighted by atomic mass is 35.7. The summed E-state index contributed by atoms with van der Waals surface area (Å²) in [6.07, 6.45) is 0.974. The standard InChI is InChI=1S/C25H24N2.2ClHO4/c1-27(2)22-15-12-19(13-16-22)18-23(20-8-4-3-5-9-20)25-17-14-21-10-6-7-11-24(21)26-25;2*2-1(3,4)5/h3-17,23H,18H2,1-2H3;2*(H,2,3,4,5). The minimum atomic E-state index is -4.94. The van der Waals surface area contributed by atoms with Crippen molar-refractivity contribution in [2.45, 2.75) is 12.3 Å². The summed E-state index contributed by atoms with van der Waals surface area (Å²) in [5.41, 5.74) is 6.44. The number of halogens is 2. The van der Waals surface area contributed by atoms with Gasteiger partial charge in [-0.3, -0.25) is 0 Å². The quantitative estimate of drug-likeness (QED) is 0.252. The van der Waals surface area contributed by atoms with Crippen molar-refractivity contribution in [3.8, 4) is 0 Å². The second-order valence-electron chi connectivity index (χ2n) is 8.12. The van der Waals surface area contributed by atoms with E-state index < -0.39 is 20.5 Å². The zero-order valence-corrected chi connectivity index (χ0v) is 21.5. The van der Waals surface area contributed by atoms with E-state index >= 15 is 0 Å². The van der Waals surface area contributed by atoms with Gasteiger partial charge in [0.1, 0.15) is 5.69 Å². The van der Waals surface area contributed by atoms with Gasteiger partial charge >= 0.3 is 0 Å². The van der Waals surface area contributed by atoms with Crippen LogP contribution in [0, 0.1) is 20.5 Å². The zero-order valence-electron chi connectivity index (χ0n) is 20.0. The predicted molar refractivity (Wildman–Crippen MR) is 111 cm³/mol. The Labute approximate surface area is 218 Å². The third kappa shape index (κ3) is 12.4. The molecule has 0 aliphatic rings. The molecule has 0 amide bonds. The van der Waals surface area contributed by atoms with Crippen LogP contribution in [0.4, 0.5) is 5.69 Å². The van der Waals surface area contributed by atoms with Crippen LogP contribution in [0.5, 0.6) is 0 Å². The van der Waals surface area contributed by atoms with Gasteiger partial charge in [0.25, 0.3) is 0 Å². The maximum atomic E-state index is 8.49. The van der Waals surface area contributed by atoms with Crippen molar-refractivity contribution in [3.63, 3.8) is 0 Å². The number of pyridine rings is 1. The molecule has 0 aliphatic carbocycles. The van der Waals surface area contributed by atoms with E-state index in [1.165, 1.54) is 38.3 Å². The maximum Gasteiger partial charge on any atom is 0.211 e. The summed E-state index contributed by atoms with van der Waals surface area (Å²) in [5.74, 6) is 0.299. The lowest BCUT2D eigenvalue weighted by molar-refractivity contribution is -2.00. The van der Waals surface area contributed by atoms with Gasteiger partial charge in [0, 0.05) is 17.5 Å². The van der Waals surface area contributed by atoms with Gasteiger partial charge in [-0.05, 0) is 41.8 Å². The molecule has 1 aromatic heterocycles. The van der Waals surface area contributed by atoms with Crippen LogP contribution in [-0.4, -0.2) is 14.1 Å². The van der Waals surface area contributed by atoms with Gasteiger partial charge in [0.2, 0.25) is 5.52 Å². The number of nitrogens with one attached hydrogen (secondary N) is 2. The highest BCUT2D eigenvalue weighted by Gasteiger charge is 2.21. The summed E-state index contributed by atoms with van der Waals surface area (Å²) in [6.45, 7) is 0. The lowest BCUT2D eigenvalue weighted by atomic mass is 9.88. The van der Waals surface area contributed by atoms with Gasteiger partial charge in [-0.1, -0.05) is 54.6 Å². The van der Waals surface area contributed by atoms with Crippen LogP contribution in [0.2, 0.25) is 0 Å². The first-order valence-corrected chi connectivity index (χ1v) is 13.3. The summed E-state index contributed by atoms with van der Waals surface area (Å²) >= 11 is 0. The Kier molecular flexibility index (Phi) is 11.3. The number of para-hydroxylation sites is 1. The van der Waals surface area contributed by atoms with Gasteiger partial charge in [-0.15, -0.1) is 20.5 Å². The Hall–Kier alpha value is -2.71. The van der Waals surface area contributed by atoms with E-state index in [4.69, 9.17) is 37.3 Å². The smallest absolute Gasteiger partial charge is 0.211 e. The van der Waals surface area contributed by atoms with Gasteiger partial charge < -0.3 is 4.90 Å². The Balaban J connectivity index is 0.000000412. The fraction of sp³-hybridized carbons (Fsp3) is 0.160. The molecule has 0 bridgehead atoms. The Bertz CT molecular complexity index is 1210. The van der Waals surface area contributed by atoms with Gasteiger partial charge in [0.05, 0.1) is 20.0 Å². The highest BCUT2D eigenvalue weighted by molar-refractivity contribution is 5.75. The monoisotopic (exact) mass is 552 g/mol. The molecule has 0 radical (unpaired) electrons.